The number of hydrogen-bond acceptors (Lipinski definition) is 5. The molecule has 0 bridgehead atoms. The van der Waals surface area contributed by atoms with Crippen molar-refractivity contribution in [3.63, 3.8) is 0 Å². The molecule has 0 saturated carbocycles. The Morgan fingerprint density at radius 2 is 1.89 bits per heavy atom. The fraction of sp³-hybridized carbons (Fsp3) is 0.250. The number of aromatic nitrogens is 3. The molecule has 1 heterocycles. The summed E-state index contributed by atoms with van der Waals surface area (Å²) in [6.07, 6.45) is 0. The molecule has 0 aliphatic carbocycles. The van der Waals surface area contributed by atoms with Gasteiger partial charge in [0.1, 0.15) is 5.75 Å². The zero-order valence-corrected chi connectivity index (χ0v) is 18.1. The lowest BCUT2D eigenvalue weighted by Gasteiger charge is -2.11. The van der Waals surface area contributed by atoms with Crippen LogP contribution in [0.15, 0.2) is 58.2 Å². The van der Waals surface area contributed by atoms with Crippen molar-refractivity contribution in [2.24, 2.45) is 0 Å². The average molecular weight is 461 g/mol. The third-order valence-electron chi connectivity index (χ3n) is 3.92. The molecule has 1 aromatic heterocycles. The molecule has 6 nitrogen and oxygen atoms in total. The summed E-state index contributed by atoms with van der Waals surface area (Å²) in [5, 5.41) is 12.2. The van der Waals surface area contributed by atoms with Crippen LogP contribution in [-0.4, -0.2) is 33.0 Å². The number of nitrogens with one attached hydrogen (secondary N) is 1. The maximum absolute atomic E-state index is 12.3. The van der Waals surface area contributed by atoms with Gasteiger partial charge in [0.2, 0.25) is 5.91 Å². The largest absolute Gasteiger partial charge is 0.493 e. The molecule has 0 aliphatic heterocycles. The van der Waals surface area contributed by atoms with E-state index in [0.717, 1.165) is 27.3 Å². The highest BCUT2D eigenvalue weighted by Crippen LogP contribution is 2.31. The Morgan fingerprint density at radius 3 is 2.61 bits per heavy atom. The van der Waals surface area contributed by atoms with E-state index in [1.54, 1.807) is 0 Å². The van der Waals surface area contributed by atoms with Crippen LogP contribution in [0, 0.1) is 0 Å². The van der Waals surface area contributed by atoms with Crippen LogP contribution in [0.4, 0.5) is 5.69 Å². The minimum Gasteiger partial charge on any atom is -0.493 e. The van der Waals surface area contributed by atoms with E-state index in [9.17, 15) is 4.79 Å². The highest BCUT2D eigenvalue weighted by Gasteiger charge is 2.17. The van der Waals surface area contributed by atoms with Crippen molar-refractivity contribution in [3.05, 3.63) is 53.0 Å². The molecule has 0 aliphatic rings. The van der Waals surface area contributed by atoms with Crippen molar-refractivity contribution in [2.75, 3.05) is 17.7 Å². The molecule has 3 rings (SSSR count). The molecule has 0 atom stereocenters. The lowest BCUT2D eigenvalue weighted by Crippen LogP contribution is -2.14. The van der Waals surface area contributed by atoms with Crippen LogP contribution in [0.2, 0.25) is 0 Å². The van der Waals surface area contributed by atoms with Crippen LogP contribution in [0.25, 0.3) is 11.4 Å². The van der Waals surface area contributed by atoms with Crippen molar-refractivity contribution in [1.82, 2.24) is 14.8 Å². The lowest BCUT2D eigenvalue weighted by molar-refractivity contribution is -0.113. The third kappa shape index (κ3) is 4.94. The molecule has 0 radical (unpaired) electrons. The fourth-order valence-corrected chi connectivity index (χ4v) is 3.74. The van der Waals surface area contributed by atoms with Gasteiger partial charge in [0.25, 0.3) is 0 Å². The van der Waals surface area contributed by atoms with Gasteiger partial charge in [-0.15, -0.1) is 10.2 Å². The molecule has 0 spiro atoms. The summed E-state index contributed by atoms with van der Waals surface area (Å²) in [5.41, 5.74) is 1.65. The van der Waals surface area contributed by atoms with Crippen molar-refractivity contribution < 1.29 is 9.53 Å². The van der Waals surface area contributed by atoms with E-state index < -0.39 is 0 Å². The molecule has 0 fully saturated rings. The minimum absolute atomic E-state index is 0.0887. The van der Waals surface area contributed by atoms with E-state index in [-0.39, 0.29) is 11.7 Å². The number of nitrogens with zero attached hydrogens (tertiary/aromatic N) is 3. The van der Waals surface area contributed by atoms with Crippen LogP contribution in [0.3, 0.4) is 0 Å². The normalized spacial score (nSPS) is 10.7. The van der Waals surface area contributed by atoms with Crippen molar-refractivity contribution in [2.45, 2.75) is 25.5 Å². The Kier molecular flexibility index (Phi) is 7.11. The molecular formula is C20H21BrN4O2S. The third-order valence-corrected chi connectivity index (χ3v) is 5.42. The molecule has 146 valence electrons. The number of benzene rings is 2. The predicted molar refractivity (Wildman–Crippen MR) is 116 cm³/mol. The second-order valence-electron chi connectivity index (χ2n) is 5.82. The Labute approximate surface area is 176 Å². The molecule has 0 unspecified atom stereocenters. The average Bonchev–Trinajstić information content (AvgIpc) is 3.11. The molecule has 0 saturated heterocycles. The van der Waals surface area contributed by atoms with Gasteiger partial charge in [-0.1, -0.05) is 39.8 Å². The van der Waals surface area contributed by atoms with Gasteiger partial charge in [0.15, 0.2) is 11.0 Å². The topological polar surface area (TPSA) is 69.0 Å². The second-order valence-corrected chi connectivity index (χ2v) is 7.68. The van der Waals surface area contributed by atoms with Crippen LogP contribution in [0.1, 0.15) is 13.8 Å². The maximum Gasteiger partial charge on any atom is 0.234 e. The molecule has 1 N–H and O–H groups in total. The summed E-state index contributed by atoms with van der Waals surface area (Å²) < 4.78 is 8.68. The quantitative estimate of drug-likeness (QED) is 0.486. The van der Waals surface area contributed by atoms with Crippen LogP contribution < -0.4 is 10.1 Å². The smallest absolute Gasteiger partial charge is 0.234 e. The SMILES string of the molecule is CCOc1ccccc1-c1nnc(SCC(=O)Nc2ccc(Br)cc2)n1CC. The van der Waals surface area contributed by atoms with E-state index in [4.69, 9.17) is 4.74 Å². The summed E-state index contributed by atoms with van der Waals surface area (Å²) in [7, 11) is 0. The number of thioether (sulfide) groups is 1. The first-order valence-electron chi connectivity index (χ1n) is 8.96. The Balaban J connectivity index is 1.72. The Hall–Kier alpha value is -2.32. The maximum atomic E-state index is 12.3. The van der Waals surface area contributed by atoms with Gasteiger partial charge in [0, 0.05) is 16.7 Å². The van der Waals surface area contributed by atoms with E-state index in [1.807, 2.05) is 66.9 Å². The number of ether oxygens (including phenoxy) is 1. The lowest BCUT2D eigenvalue weighted by atomic mass is 10.2. The van der Waals surface area contributed by atoms with Gasteiger partial charge in [-0.05, 0) is 50.2 Å². The van der Waals surface area contributed by atoms with Crippen molar-refractivity contribution in [1.29, 1.82) is 0 Å². The number of rotatable bonds is 8. The van der Waals surface area contributed by atoms with Gasteiger partial charge in [-0.2, -0.15) is 0 Å². The molecule has 8 heteroatoms. The molecule has 3 aromatic rings. The van der Waals surface area contributed by atoms with Crippen LogP contribution in [0.5, 0.6) is 5.75 Å². The van der Waals surface area contributed by atoms with E-state index >= 15 is 0 Å². The molecule has 28 heavy (non-hydrogen) atoms. The number of carbonyl (C=O) groups is 1. The van der Waals surface area contributed by atoms with Crippen LogP contribution in [-0.2, 0) is 11.3 Å². The Morgan fingerprint density at radius 1 is 1.14 bits per heavy atom. The summed E-state index contributed by atoms with van der Waals surface area (Å²) >= 11 is 4.75. The number of para-hydroxylation sites is 1. The zero-order valence-electron chi connectivity index (χ0n) is 15.7. The monoisotopic (exact) mass is 460 g/mol. The zero-order chi connectivity index (χ0) is 19.9. The molecule has 2 aromatic carbocycles. The van der Waals surface area contributed by atoms with E-state index in [1.165, 1.54) is 11.8 Å². The summed E-state index contributed by atoms with van der Waals surface area (Å²) in [6.45, 7) is 5.25. The molecular weight excluding hydrogens is 440 g/mol. The van der Waals surface area contributed by atoms with Gasteiger partial charge < -0.3 is 14.6 Å². The first-order valence-corrected chi connectivity index (χ1v) is 10.7. The second kappa shape index (κ2) is 9.75. The number of amides is 1. The van der Waals surface area contributed by atoms with E-state index in [2.05, 4.69) is 31.4 Å². The number of anilines is 1. The van der Waals surface area contributed by atoms with E-state index in [0.29, 0.717) is 18.3 Å². The highest BCUT2D eigenvalue weighted by molar-refractivity contribution is 9.10. The minimum atomic E-state index is -0.0887. The highest BCUT2D eigenvalue weighted by atomic mass is 79.9. The first kappa shape index (κ1) is 20.4. The molecule has 1 amide bonds. The number of hydrogen-bond donors (Lipinski definition) is 1. The number of carbonyl (C=O) groups excluding carboxylic acids is 1. The summed E-state index contributed by atoms with van der Waals surface area (Å²) in [4.78, 5) is 12.3. The van der Waals surface area contributed by atoms with Crippen LogP contribution >= 0.6 is 27.7 Å². The van der Waals surface area contributed by atoms with Gasteiger partial charge in [-0.25, -0.2) is 0 Å². The predicted octanol–water partition coefficient (Wildman–Crippen LogP) is 4.86. The number of halogens is 1. The van der Waals surface area contributed by atoms with Crippen molar-refractivity contribution in [3.8, 4) is 17.1 Å². The first-order chi connectivity index (χ1) is 13.6. The van der Waals surface area contributed by atoms with Gasteiger partial charge in [0.05, 0.1) is 17.9 Å². The summed E-state index contributed by atoms with van der Waals surface area (Å²) in [5.74, 6) is 1.68. The van der Waals surface area contributed by atoms with Crippen molar-refractivity contribution >= 4 is 39.3 Å². The van der Waals surface area contributed by atoms with Gasteiger partial charge in [-0.3, -0.25) is 4.79 Å². The standard InChI is InChI=1S/C20H21BrN4O2S/c1-3-25-19(16-7-5-6-8-17(16)27-4-2)23-24-20(25)28-13-18(26)22-15-11-9-14(21)10-12-15/h5-12H,3-4,13H2,1-2H3,(H,22,26). The fourth-order valence-electron chi connectivity index (χ4n) is 2.67. The van der Waals surface area contributed by atoms with Gasteiger partial charge >= 0.3 is 0 Å². The Bertz CT molecular complexity index is 944. The summed E-state index contributed by atoms with van der Waals surface area (Å²) in [6, 6.07) is 15.3.